The van der Waals surface area contributed by atoms with Crippen molar-refractivity contribution in [2.45, 2.75) is 45.0 Å². The number of carbonyl (C=O) groups is 2. The third-order valence-electron chi connectivity index (χ3n) is 7.70. The number of sulfonamides is 1. The summed E-state index contributed by atoms with van der Waals surface area (Å²) in [6.07, 6.45) is 4.15. The summed E-state index contributed by atoms with van der Waals surface area (Å²) in [5.41, 5.74) is 4.43. The quantitative estimate of drug-likeness (QED) is 0.244. The lowest BCUT2D eigenvalue weighted by atomic mass is 9.99. The predicted molar refractivity (Wildman–Crippen MR) is 162 cm³/mol. The maximum absolute atomic E-state index is 13.9. The van der Waals surface area contributed by atoms with Crippen molar-refractivity contribution in [2.24, 2.45) is 0 Å². The molecule has 0 spiro atoms. The molecule has 2 aromatic carbocycles. The number of hydrogen-bond donors (Lipinski definition) is 2. The van der Waals surface area contributed by atoms with Crippen molar-refractivity contribution in [3.8, 4) is 0 Å². The molecule has 1 amide bonds. The van der Waals surface area contributed by atoms with E-state index in [9.17, 15) is 18.0 Å². The Labute approximate surface area is 245 Å². The first-order chi connectivity index (χ1) is 20.3. The average molecular weight is 590 g/mol. The molecule has 11 heteroatoms. The number of rotatable bonds is 12. The molecule has 2 aromatic heterocycles. The summed E-state index contributed by atoms with van der Waals surface area (Å²) in [6.45, 7) is 3.52. The van der Waals surface area contributed by atoms with Crippen LogP contribution in [0.15, 0.2) is 73.1 Å². The highest BCUT2D eigenvalue weighted by atomic mass is 32.2. The zero-order valence-corrected chi connectivity index (χ0v) is 24.5. The SMILES string of the molecule is CCc1cn2c3c(cc(C(=O)N[C@@H](Cc4ccccc4)[C@@H](CNCc4ccccn4)OC=O)cc13)N(C)S(=O)(=O)CC2. The van der Waals surface area contributed by atoms with Crippen LogP contribution in [0.4, 0.5) is 5.69 Å². The maximum Gasteiger partial charge on any atom is 0.293 e. The summed E-state index contributed by atoms with van der Waals surface area (Å²) in [5, 5.41) is 7.22. The van der Waals surface area contributed by atoms with Gasteiger partial charge in [-0.25, -0.2) is 8.42 Å². The van der Waals surface area contributed by atoms with Gasteiger partial charge in [-0.05, 0) is 48.2 Å². The number of ether oxygens (including phenoxy) is 1. The number of aromatic nitrogens is 2. The van der Waals surface area contributed by atoms with Crippen LogP contribution in [0.1, 0.15) is 34.1 Å². The minimum atomic E-state index is -3.55. The predicted octanol–water partition coefficient (Wildman–Crippen LogP) is 3.05. The molecule has 220 valence electrons. The number of pyridine rings is 1. The van der Waals surface area contributed by atoms with Crippen molar-refractivity contribution in [3.05, 3.63) is 95.4 Å². The number of hydrogen-bond acceptors (Lipinski definition) is 7. The zero-order valence-electron chi connectivity index (χ0n) is 23.7. The lowest BCUT2D eigenvalue weighted by molar-refractivity contribution is -0.134. The van der Waals surface area contributed by atoms with Crippen molar-refractivity contribution < 1.29 is 22.7 Å². The first kappa shape index (κ1) is 29.3. The summed E-state index contributed by atoms with van der Waals surface area (Å²) in [6, 6.07) is 18.2. The van der Waals surface area contributed by atoms with Crippen LogP contribution in [0, 0.1) is 0 Å². The van der Waals surface area contributed by atoms with Crippen LogP contribution in [0.5, 0.6) is 0 Å². The van der Waals surface area contributed by atoms with Gasteiger partial charge in [0.15, 0.2) is 0 Å². The fourth-order valence-corrected chi connectivity index (χ4v) is 6.55. The van der Waals surface area contributed by atoms with E-state index in [0.29, 0.717) is 37.2 Å². The van der Waals surface area contributed by atoms with Gasteiger partial charge in [-0.1, -0.05) is 43.3 Å². The molecule has 2 N–H and O–H groups in total. The monoisotopic (exact) mass is 589 g/mol. The molecule has 10 nitrogen and oxygen atoms in total. The second-order valence-electron chi connectivity index (χ2n) is 10.4. The lowest BCUT2D eigenvalue weighted by Gasteiger charge is -2.27. The molecule has 0 radical (unpaired) electrons. The molecule has 0 unspecified atom stereocenters. The van der Waals surface area contributed by atoms with Gasteiger partial charge in [-0.3, -0.25) is 18.9 Å². The Morgan fingerprint density at radius 2 is 1.93 bits per heavy atom. The topological polar surface area (TPSA) is 123 Å². The van der Waals surface area contributed by atoms with E-state index in [1.165, 1.54) is 11.4 Å². The van der Waals surface area contributed by atoms with Gasteiger partial charge in [-0.2, -0.15) is 0 Å². The summed E-state index contributed by atoms with van der Waals surface area (Å²) in [7, 11) is -2.03. The lowest BCUT2D eigenvalue weighted by Crippen LogP contribution is -2.50. The van der Waals surface area contributed by atoms with Gasteiger partial charge in [0.1, 0.15) is 6.10 Å². The fraction of sp³-hybridized carbons (Fsp3) is 0.323. The van der Waals surface area contributed by atoms with Crippen LogP contribution in [0.25, 0.3) is 10.9 Å². The third kappa shape index (κ3) is 6.32. The molecule has 3 heterocycles. The standard InChI is InChI=1S/C31H35N5O5S/c1-3-23-20-36-13-14-42(39,40)35(2)28-17-24(16-26(23)30(28)36)31(38)34-27(15-22-9-5-4-6-10-22)29(41-21-37)19-32-18-25-11-7-8-12-33-25/h4-12,16-17,20-21,27,29,32H,3,13-15,18-19H2,1-2H3,(H,34,38)/t27-,29+/m0/s1. The Bertz CT molecular complexity index is 1660. The number of benzene rings is 2. The van der Waals surface area contributed by atoms with E-state index >= 15 is 0 Å². The van der Waals surface area contributed by atoms with Crippen molar-refractivity contribution in [1.82, 2.24) is 20.2 Å². The van der Waals surface area contributed by atoms with Crippen LogP contribution in [0.3, 0.4) is 0 Å². The van der Waals surface area contributed by atoms with Gasteiger partial charge in [0, 0.05) is 50.0 Å². The molecule has 2 atom stereocenters. The normalized spacial score (nSPS) is 15.5. The number of aryl methyl sites for hydroxylation is 2. The molecule has 42 heavy (non-hydrogen) atoms. The molecule has 0 saturated heterocycles. The zero-order chi connectivity index (χ0) is 29.7. The van der Waals surface area contributed by atoms with Crippen LogP contribution in [-0.4, -0.2) is 61.8 Å². The number of nitrogens with zero attached hydrogens (tertiary/aromatic N) is 3. The second kappa shape index (κ2) is 12.7. The largest absolute Gasteiger partial charge is 0.461 e. The Kier molecular flexibility index (Phi) is 8.89. The second-order valence-corrected chi connectivity index (χ2v) is 12.5. The van der Waals surface area contributed by atoms with Gasteiger partial charge in [0.25, 0.3) is 12.4 Å². The number of carbonyl (C=O) groups excluding carboxylic acids is 2. The summed E-state index contributed by atoms with van der Waals surface area (Å²) in [5.74, 6) is -0.412. The van der Waals surface area contributed by atoms with E-state index in [1.807, 2.05) is 72.3 Å². The molecular weight excluding hydrogens is 554 g/mol. The maximum atomic E-state index is 13.9. The van der Waals surface area contributed by atoms with Crippen LogP contribution in [-0.2, 0) is 45.5 Å². The number of anilines is 1. The van der Waals surface area contributed by atoms with Gasteiger partial charge in [-0.15, -0.1) is 0 Å². The van der Waals surface area contributed by atoms with Crippen molar-refractivity contribution in [3.63, 3.8) is 0 Å². The van der Waals surface area contributed by atoms with Crippen molar-refractivity contribution in [1.29, 1.82) is 0 Å². The Morgan fingerprint density at radius 1 is 1.14 bits per heavy atom. The molecular formula is C31H35N5O5S. The average Bonchev–Trinajstić information content (AvgIpc) is 3.33. The molecule has 4 aromatic rings. The molecule has 5 rings (SSSR count). The van der Waals surface area contributed by atoms with E-state index in [2.05, 4.69) is 15.6 Å². The summed E-state index contributed by atoms with van der Waals surface area (Å²) >= 11 is 0. The molecule has 0 saturated carbocycles. The van der Waals surface area contributed by atoms with E-state index in [0.717, 1.165) is 34.1 Å². The highest BCUT2D eigenvalue weighted by molar-refractivity contribution is 7.92. The first-order valence-corrected chi connectivity index (χ1v) is 15.6. The molecule has 0 fully saturated rings. The first-order valence-electron chi connectivity index (χ1n) is 14.0. The minimum Gasteiger partial charge on any atom is -0.461 e. The van der Waals surface area contributed by atoms with E-state index in [-0.39, 0.29) is 18.2 Å². The molecule has 1 aliphatic rings. The van der Waals surface area contributed by atoms with Crippen LogP contribution < -0.4 is 14.9 Å². The number of nitrogens with one attached hydrogen (secondary N) is 2. The highest BCUT2D eigenvalue weighted by Crippen LogP contribution is 2.35. The van der Waals surface area contributed by atoms with Crippen LogP contribution >= 0.6 is 0 Å². The third-order valence-corrected chi connectivity index (χ3v) is 9.43. The fourth-order valence-electron chi connectivity index (χ4n) is 5.41. The molecule has 0 bridgehead atoms. The van der Waals surface area contributed by atoms with Crippen LogP contribution in [0.2, 0.25) is 0 Å². The molecule has 1 aliphatic heterocycles. The summed E-state index contributed by atoms with van der Waals surface area (Å²) < 4.78 is 34.6. The Hall–Kier alpha value is -4.22. The van der Waals surface area contributed by atoms with E-state index < -0.39 is 22.2 Å². The van der Waals surface area contributed by atoms with Gasteiger partial charge in [0.2, 0.25) is 10.0 Å². The van der Waals surface area contributed by atoms with Crippen molar-refractivity contribution in [2.75, 3.05) is 23.7 Å². The van der Waals surface area contributed by atoms with E-state index in [4.69, 9.17) is 4.74 Å². The number of amides is 1. The van der Waals surface area contributed by atoms with Crippen molar-refractivity contribution >= 4 is 39.0 Å². The molecule has 0 aliphatic carbocycles. The van der Waals surface area contributed by atoms with Gasteiger partial charge >= 0.3 is 0 Å². The Balaban J connectivity index is 1.46. The van der Waals surface area contributed by atoms with E-state index in [1.54, 1.807) is 12.3 Å². The summed E-state index contributed by atoms with van der Waals surface area (Å²) in [4.78, 5) is 29.8. The van der Waals surface area contributed by atoms with Gasteiger partial charge in [0.05, 0.1) is 28.7 Å². The highest BCUT2D eigenvalue weighted by Gasteiger charge is 2.30. The van der Waals surface area contributed by atoms with Gasteiger partial charge < -0.3 is 19.9 Å². The minimum absolute atomic E-state index is 0.0258. The Morgan fingerprint density at radius 3 is 2.64 bits per heavy atom. The smallest absolute Gasteiger partial charge is 0.293 e.